The quantitative estimate of drug-likeness (QED) is 0.884. The molecule has 0 spiro atoms. The molecule has 1 aliphatic carbocycles. The van der Waals surface area contributed by atoms with Crippen molar-refractivity contribution in [3.8, 4) is 11.5 Å². The van der Waals surface area contributed by atoms with E-state index in [-0.39, 0.29) is 0 Å². The number of anilines is 1. The van der Waals surface area contributed by atoms with Gasteiger partial charge in [0, 0.05) is 12.1 Å². The van der Waals surface area contributed by atoms with Gasteiger partial charge in [0.15, 0.2) is 5.82 Å². The van der Waals surface area contributed by atoms with Gasteiger partial charge in [-0.3, -0.25) is 0 Å². The van der Waals surface area contributed by atoms with Crippen molar-refractivity contribution >= 4 is 5.82 Å². The molecular weight excluding hydrogens is 266 g/mol. The lowest BCUT2D eigenvalue weighted by Gasteiger charge is -2.13. The Hall–Kier alpha value is -2.30. The van der Waals surface area contributed by atoms with Crippen molar-refractivity contribution in [3.63, 3.8) is 0 Å². The first-order valence-corrected chi connectivity index (χ1v) is 7.08. The first-order valence-electron chi connectivity index (χ1n) is 7.08. The minimum Gasteiger partial charge on any atom is -0.497 e. The molecule has 0 bridgehead atoms. The third-order valence-corrected chi connectivity index (χ3v) is 3.68. The Bertz CT molecular complexity index is 609. The second-order valence-electron chi connectivity index (χ2n) is 5.15. The summed E-state index contributed by atoms with van der Waals surface area (Å²) in [5.74, 6) is 3.06. The molecule has 5 nitrogen and oxygen atoms in total. The first kappa shape index (κ1) is 13.7. The van der Waals surface area contributed by atoms with E-state index in [0.717, 1.165) is 22.9 Å². The van der Waals surface area contributed by atoms with Gasteiger partial charge < -0.3 is 14.8 Å². The molecule has 2 aromatic rings. The number of nitrogens with one attached hydrogen (secondary N) is 1. The monoisotopic (exact) mass is 285 g/mol. The fraction of sp³-hybridized carbons (Fsp3) is 0.375. The highest BCUT2D eigenvalue weighted by molar-refractivity contribution is 5.54. The predicted molar refractivity (Wildman–Crippen MR) is 80.9 cm³/mol. The van der Waals surface area contributed by atoms with Gasteiger partial charge in [0.1, 0.15) is 11.5 Å². The number of ether oxygens (including phenoxy) is 2. The Balaban J connectivity index is 1.75. The molecule has 1 aromatic carbocycles. The van der Waals surface area contributed by atoms with E-state index in [2.05, 4.69) is 15.5 Å². The molecule has 1 fully saturated rings. The highest BCUT2D eigenvalue weighted by Gasteiger charge is 2.30. The van der Waals surface area contributed by atoms with Gasteiger partial charge >= 0.3 is 0 Å². The maximum absolute atomic E-state index is 5.41. The minimum absolute atomic E-state index is 0.550. The molecule has 21 heavy (non-hydrogen) atoms. The maximum atomic E-state index is 5.41. The first-order chi connectivity index (χ1) is 10.3. The second-order valence-corrected chi connectivity index (χ2v) is 5.15. The van der Waals surface area contributed by atoms with E-state index in [0.29, 0.717) is 12.5 Å². The van der Waals surface area contributed by atoms with Gasteiger partial charge in [-0.1, -0.05) is 12.1 Å². The molecule has 0 aliphatic heterocycles. The van der Waals surface area contributed by atoms with E-state index in [1.54, 1.807) is 20.4 Å². The lowest BCUT2D eigenvalue weighted by molar-refractivity contribution is 0.406. The third-order valence-electron chi connectivity index (χ3n) is 3.68. The molecule has 0 amide bonds. The van der Waals surface area contributed by atoms with Crippen LogP contribution >= 0.6 is 0 Å². The Morgan fingerprint density at radius 2 is 1.90 bits per heavy atom. The zero-order valence-corrected chi connectivity index (χ0v) is 12.3. The van der Waals surface area contributed by atoms with E-state index in [9.17, 15) is 0 Å². The molecular formula is C16H19N3O2. The molecule has 0 atom stereocenters. The number of benzene rings is 1. The van der Waals surface area contributed by atoms with Crippen LogP contribution in [0.4, 0.5) is 5.82 Å². The summed E-state index contributed by atoms with van der Waals surface area (Å²) < 4.78 is 10.6. The van der Waals surface area contributed by atoms with E-state index in [1.807, 2.05) is 24.3 Å². The van der Waals surface area contributed by atoms with Crippen molar-refractivity contribution in [3.05, 3.63) is 41.6 Å². The molecule has 1 N–H and O–H groups in total. The Morgan fingerprint density at radius 1 is 1.14 bits per heavy atom. The molecule has 3 rings (SSSR count). The summed E-state index contributed by atoms with van der Waals surface area (Å²) in [5, 5.41) is 11.6. The molecule has 1 saturated carbocycles. The van der Waals surface area contributed by atoms with Crippen molar-refractivity contribution in [1.82, 2.24) is 10.2 Å². The molecule has 1 heterocycles. The van der Waals surface area contributed by atoms with Crippen LogP contribution in [-0.2, 0) is 6.54 Å². The summed E-state index contributed by atoms with van der Waals surface area (Å²) in [4.78, 5) is 0. The van der Waals surface area contributed by atoms with Gasteiger partial charge in [0.05, 0.1) is 20.4 Å². The fourth-order valence-electron chi connectivity index (χ4n) is 2.37. The van der Waals surface area contributed by atoms with Crippen LogP contribution in [0.25, 0.3) is 0 Å². The molecule has 1 aliphatic rings. The van der Waals surface area contributed by atoms with Gasteiger partial charge in [-0.2, -0.15) is 5.10 Å². The summed E-state index contributed by atoms with van der Waals surface area (Å²) in [5.41, 5.74) is 2.32. The van der Waals surface area contributed by atoms with Crippen LogP contribution in [0, 0.1) is 0 Å². The van der Waals surface area contributed by atoms with E-state index in [1.165, 1.54) is 18.4 Å². The van der Waals surface area contributed by atoms with E-state index < -0.39 is 0 Å². The van der Waals surface area contributed by atoms with Gasteiger partial charge in [-0.25, -0.2) is 0 Å². The highest BCUT2D eigenvalue weighted by Crippen LogP contribution is 2.46. The summed E-state index contributed by atoms with van der Waals surface area (Å²) >= 11 is 0. The smallest absolute Gasteiger partial charge is 0.156 e. The minimum atomic E-state index is 0.550. The lowest BCUT2D eigenvalue weighted by Crippen LogP contribution is -2.07. The summed E-state index contributed by atoms with van der Waals surface area (Å²) in [6.45, 7) is 0.700. The molecule has 0 saturated heterocycles. The number of nitrogens with zero attached hydrogens (tertiary/aromatic N) is 2. The number of hydrogen-bond donors (Lipinski definition) is 1. The Labute approximate surface area is 124 Å². The van der Waals surface area contributed by atoms with Crippen molar-refractivity contribution in [2.75, 3.05) is 19.5 Å². The Morgan fingerprint density at radius 3 is 2.52 bits per heavy atom. The topological polar surface area (TPSA) is 56.3 Å². The van der Waals surface area contributed by atoms with Crippen molar-refractivity contribution in [2.24, 2.45) is 0 Å². The summed E-state index contributed by atoms with van der Waals surface area (Å²) in [6.07, 6.45) is 4.07. The van der Waals surface area contributed by atoms with Gasteiger partial charge in [0.2, 0.25) is 0 Å². The number of methoxy groups -OCH3 is 2. The largest absolute Gasteiger partial charge is 0.497 e. The second kappa shape index (κ2) is 5.99. The van der Waals surface area contributed by atoms with Crippen molar-refractivity contribution in [1.29, 1.82) is 0 Å². The highest BCUT2D eigenvalue weighted by atomic mass is 16.5. The SMILES string of the molecule is COc1ccc(CNc2nncc(OC)c2C2CC2)cc1. The van der Waals surface area contributed by atoms with Crippen LogP contribution in [0.5, 0.6) is 11.5 Å². The molecule has 110 valence electrons. The van der Waals surface area contributed by atoms with Crippen molar-refractivity contribution in [2.45, 2.75) is 25.3 Å². The summed E-state index contributed by atoms with van der Waals surface area (Å²) in [6, 6.07) is 7.98. The predicted octanol–water partition coefficient (Wildman–Crippen LogP) is 2.98. The zero-order chi connectivity index (χ0) is 14.7. The van der Waals surface area contributed by atoms with Crippen LogP contribution in [0.3, 0.4) is 0 Å². The molecule has 0 unspecified atom stereocenters. The number of aromatic nitrogens is 2. The number of hydrogen-bond acceptors (Lipinski definition) is 5. The molecule has 0 radical (unpaired) electrons. The van der Waals surface area contributed by atoms with Gasteiger partial charge in [0.25, 0.3) is 0 Å². The average molecular weight is 285 g/mol. The van der Waals surface area contributed by atoms with Crippen LogP contribution in [0.15, 0.2) is 30.5 Å². The summed E-state index contributed by atoms with van der Waals surface area (Å²) in [7, 11) is 3.34. The van der Waals surface area contributed by atoms with Crippen LogP contribution in [0.2, 0.25) is 0 Å². The van der Waals surface area contributed by atoms with Gasteiger partial charge in [-0.15, -0.1) is 5.10 Å². The third kappa shape index (κ3) is 3.07. The number of rotatable bonds is 6. The van der Waals surface area contributed by atoms with Crippen LogP contribution in [-0.4, -0.2) is 24.4 Å². The fourth-order valence-corrected chi connectivity index (χ4v) is 2.37. The normalized spacial score (nSPS) is 13.8. The van der Waals surface area contributed by atoms with Crippen LogP contribution < -0.4 is 14.8 Å². The standard InChI is InChI=1S/C16H19N3O2/c1-20-13-7-3-11(4-8-13)9-17-16-15(12-5-6-12)14(21-2)10-18-19-16/h3-4,7-8,10,12H,5-6,9H2,1-2H3,(H,17,19). The lowest BCUT2D eigenvalue weighted by atomic mass is 10.1. The van der Waals surface area contributed by atoms with E-state index in [4.69, 9.17) is 9.47 Å². The Kier molecular flexibility index (Phi) is 3.90. The molecule has 5 heteroatoms. The maximum Gasteiger partial charge on any atom is 0.156 e. The van der Waals surface area contributed by atoms with Crippen LogP contribution in [0.1, 0.15) is 29.9 Å². The average Bonchev–Trinajstić information content (AvgIpc) is 3.37. The molecule has 1 aromatic heterocycles. The van der Waals surface area contributed by atoms with E-state index >= 15 is 0 Å². The van der Waals surface area contributed by atoms with Gasteiger partial charge in [-0.05, 0) is 36.5 Å². The zero-order valence-electron chi connectivity index (χ0n) is 12.3. The van der Waals surface area contributed by atoms with Crippen molar-refractivity contribution < 1.29 is 9.47 Å².